The second-order valence-electron chi connectivity index (χ2n) is 10.7. The monoisotopic (exact) mass is 610 g/mol. The maximum atomic E-state index is 15.5. The minimum Gasteiger partial charge on any atom is -0.493 e. The zero-order valence-electron chi connectivity index (χ0n) is 24.9. The summed E-state index contributed by atoms with van der Waals surface area (Å²) in [6, 6.07) is 17.5. The van der Waals surface area contributed by atoms with E-state index >= 15 is 4.39 Å². The number of ether oxygens (including phenoxy) is 3. The van der Waals surface area contributed by atoms with Gasteiger partial charge in [0.1, 0.15) is 17.6 Å². The van der Waals surface area contributed by atoms with Crippen LogP contribution in [0, 0.1) is 5.82 Å². The van der Waals surface area contributed by atoms with Gasteiger partial charge in [-0.2, -0.15) is 0 Å². The van der Waals surface area contributed by atoms with Crippen molar-refractivity contribution < 1.29 is 28.5 Å². The van der Waals surface area contributed by atoms with Crippen LogP contribution in [0.3, 0.4) is 0 Å². The van der Waals surface area contributed by atoms with Gasteiger partial charge in [-0.3, -0.25) is 24.0 Å². The minimum absolute atomic E-state index is 0.0414. The summed E-state index contributed by atoms with van der Waals surface area (Å²) in [5, 5.41) is 10.5. The van der Waals surface area contributed by atoms with Crippen LogP contribution < -0.4 is 19.8 Å². The van der Waals surface area contributed by atoms with E-state index in [9.17, 15) is 14.7 Å². The van der Waals surface area contributed by atoms with Crippen molar-refractivity contribution in [3.8, 4) is 34.1 Å². The first-order valence-electron chi connectivity index (χ1n) is 14.4. The molecule has 0 saturated carbocycles. The number of hydrogen-bond acceptors (Lipinski definition) is 8. The average molecular weight is 611 g/mol. The van der Waals surface area contributed by atoms with Crippen molar-refractivity contribution in [1.29, 1.82) is 0 Å². The highest BCUT2D eigenvalue weighted by Gasteiger charge is 2.38. The summed E-state index contributed by atoms with van der Waals surface area (Å²) in [5.74, 6) is 0.120. The highest BCUT2D eigenvalue weighted by atomic mass is 19.1. The summed E-state index contributed by atoms with van der Waals surface area (Å²) in [4.78, 5) is 36.7. The van der Waals surface area contributed by atoms with Gasteiger partial charge in [-0.15, -0.1) is 0 Å². The molecule has 1 unspecified atom stereocenters. The number of likely N-dealkylation sites (tertiary alicyclic amines) is 1. The number of halogens is 1. The topological polar surface area (TPSA) is 116 Å². The zero-order chi connectivity index (χ0) is 31.7. The molecule has 1 aliphatic rings. The Hall–Kier alpha value is -5.29. The largest absolute Gasteiger partial charge is 0.493 e. The maximum Gasteiger partial charge on any atom is 0.320 e. The van der Waals surface area contributed by atoms with Crippen LogP contribution in [0.2, 0.25) is 0 Å². The fourth-order valence-corrected chi connectivity index (χ4v) is 5.90. The van der Waals surface area contributed by atoms with Crippen molar-refractivity contribution in [3.05, 3.63) is 107 Å². The van der Waals surface area contributed by atoms with Gasteiger partial charge < -0.3 is 19.3 Å². The molecule has 1 aliphatic heterocycles. The van der Waals surface area contributed by atoms with Gasteiger partial charge in [0.2, 0.25) is 0 Å². The lowest BCUT2D eigenvalue weighted by Crippen LogP contribution is -2.41. The van der Waals surface area contributed by atoms with E-state index in [2.05, 4.69) is 9.97 Å². The maximum absolute atomic E-state index is 15.5. The van der Waals surface area contributed by atoms with Gasteiger partial charge in [-0.1, -0.05) is 36.4 Å². The number of nitrogens with zero attached hydrogens (tertiary/aromatic N) is 4. The van der Waals surface area contributed by atoms with Crippen LogP contribution in [-0.4, -0.2) is 57.3 Å². The smallest absolute Gasteiger partial charge is 0.320 e. The first kappa shape index (κ1) is 29.8. The molecule has 3 aromatic carbocycles. The number of pyridine rings is 1. The number of carboxylic acids is 1. The van der Waals surface area contributed by atoms with Crippen molar-refractivity contribution in [1.82, 2.24) is 19.4 Å². The summed E-state index contributed by atoms with van der Waals surface area (Å²) >= 11 is 0. The normalized spacial score (nSPS) is 15.6. The second-order valence-corrected chi connectivity index (χ2v) is 10.7. The zero-order valence-corrected chi connectivity index (χ0v) is 24.9. The van der Waals surface area contributed by atoms with E-state index < -0.39 is 23.9 Å². The molecule has 5 aromatic rings. The van der Waals surface area contributed by atoms with E-state index in [0.717, 1.165) is 12.0 Å². The average Bonchev–Trinajstić information content (AvgIpc) is 3.54. The lowest BCUT2D eigenvalue weighted by atomic mass is 10.0. The molecule has 0 bridgehead atoms. The highest BCUT2D eigenvalue weighted by Crippen LogP contribution is 2.38. The quantitative estimate of drug-likeness (QED) is 0.228. The Labute approximate surface area is 258 Å². The molecule has 2 aromatic heterocycles. The molecule has 11 heteroatoms. The molecule has 0 amide bonds. The van der Waals surface area contributed by atoms with E-state index in [1.54, 1.807) is 37.5 Å². The molecule has 0 radical (unpaired) electrons. The molecule has 1 N–H and O–H groups in total. The Morgan fingerprint density at radius 2 is 1.73 bits per heavy atom. The molecule has 2 atom stereocenters. The van der Waals surface area contributed by atoms with Gasteiger partial charge in [-0.25, -0.2) is 9.37 Å². The van der Waals surface area contributed by atoms with E-state index in [-0.39, 0.29) is 16.9 Å². The number of carboxylic acid groups (broad SMARTS) is 1. The molecule has 3 heterocycles. The number of aliphatic carboxylic acids is 1. The first-order chi connectivity index (χ1) is 21.8. The van der Waals surface area contributed by atoms with Crippen LogP contribution in [0.4, 0.5) is 4.39 Å². The molecular weight excluding hydrogens is 579 g/mol. The van der Waals surface area contributed by atoms with Crippen LogP contribution in [0.1, 0.15) is 30.3 Å². The molecule has 1 fully saturated rings. The van der Waals surface area contributed by atoms with Crippen LogP contribution >= 0.6 is 0 Å². The third kappa shape index (κ3) is 5.58. The molecule has 45 heavy (non-hydrogen) atoms. The predicted octanol–water partition coefficient (Wildman–Crippen LogP) is 5.58. The van der Waals surface area contributed by atoms with Crippen molar-refractivity contribution in [3.63, 3.8) is 0 Å². The predicted molar refractivity (Wildman–Crippen MR) is 165 cm³/mol. The number of carbonyl (C=O) groups is 1. The van der Waals surface area contributed by atoms with Crippen LogP contribution in [-0.2, 0) is 11.8 Å². The summed E-state index contributed by atoms with van der Waals surface area (Å²) in [7, 11) is 4.65. The summed E-state index contributed by atoms with van der Waals surface area (Å²) in [6.45, 7) is 0.550. The van der Waals surface area contributed by atoms with Crippen molar-refractivity contribution in [2.75, 3.05) is 20.8 Å². The Morgan fingerprint density at radius 1 is 0.978 bits per heavy atom. The Kier molecular flexibility index (Phi) is 8.18. The Balaban J connectivity index is 1.34. The van der Waals surface area contributed by atoms with E-state index in [4.69, 9.17) is 14.2 Å². The number of methoxy groups -OCH3 is 2. The minimum atomic E-state index is -0.911. The van der Waals surface area contributed by atoms with Gasteiger partial charge in [0, 0.05) is 37.4 Å². The molecule has 0 spiro atoms. The van der Waals surface area contributed by atoms with E-state index in [1.165, 1.54) is 37.1 Å². The molecule has 6 rings (SSSR count). The highest BCUT2D eigenvalue weighted by molar-refractivity contribution is 5.88. The Bertz CT molecular complexity index is 1950. The first-order valence-corrected chi connectivity index (χ1v) is 14.4. The second kappa shape index (κ2) is 12.4. The fourth-order valence-electron chi connectivity index (χ4n) is 5.90. The standard InChI is InChI=1S/C34H31FN4O6/c1-38-32(31(20-8-5-4-6-9-20)39-15-7-10-26(39)34(41)42)37-19-23(33(38)40)21-11-12-28(24(35)16-21)45-27-13-14-36-25-18-30(44-3)29(43-2)17-22(25)27/h4-6,8-9,11-14,16-19,26,31H,7,10,15H2,1-3H3,(H,41,42)/t26-,31?/m0/s1. The van der Waals surface area contributed by atoms with Crippen molar-refractivity contribution >= 4 is 16.9 Å². The third-order valence-electron chi connectivity index (χ3n) is 8.15. The Morgan fingerprint density at radius 3 is 2.44 bits per heavy atom. The van der Waals surface area contributed by atoms with Crippen LogP contribution in [0.5, 0.6) is 23.0 Å². The third-order valence-corrected chi connectivity index (χ3v) is 8.15. The van der Waals surface area contributed by atoms with Gasteiger partial charge in [0.15, 0.2) is 23.1 Å². The van der Waals surface area contributed by atoms with Crippen molar-refractivity contribution in [2.45, 2.75) is 24.9 Å². The van der Waals surface area contributed by atoms with Gasteiger partial charge in [0.25, 0.3) is 5.56 Å². The van der Waals surface area contributed by atoms with Gasteiger partial charge in [-0.05, 0) is 48.2 Å². The van der Waals surface area contributed by atoms with E-state index in [0.29, 0.717) is 52.5 Å². The molecule has 230 valence electrons. The van der Waals surface area contributed by atoms with Crippen molar-refractivity contribution in [2.24, 2.45) is 7.05 Å². The summed E-state index contributed by atoms with van der Waals surface area (Å²) in [5.41, 5.74) is 1.54. The van der Waals surface area contributed by atoms with E-state index in [1.807, 2.05) is 35.2 Å². The number of hydrogen-bond donors (Lipinski definition) is 1. The summed E-state index contributed by atoms with van der Waals surface area (Å²) < 4.78 is 33.6. The fraction of sp³-hybridized carbons (Fsp3) is 0.235. The van der Waals surface area contributed by atoms with Crippen LogP contribution in [0.15, 0.2) is 83.9 Å². The SMILES string of the molecule is COc1cc2nccc(Oc3ccc(-c4cnc(C(c5ccccc5)N5CCC[C@H]5C(=O)O)n(C)c4=O)cc3F)c2cc1OC. The lowest BCUT2D eigenvalue weighted by molar-refractivity contribution is -0.142. The summed E-state index contributed by atoms with van der Waals surface area (Å²) in [6.07, 6.45) is 4.20. The number of rotatable bonds is 9. The number of fused-ring (bicyclic) bond motifs is 1. The molecule has 1 saturated heterocycles. The van der Waals surface area contributed by atoms with Crippen LogP contribution in [0.25, 0.3) is 22.0 Å². The lowest BCUT2D eigenvalue weighted by Gasteiger charge is -2.32. The van der Waals surface area contributed by atoms with Gasteiger partial charge in [0.05, 0.1) is 31.3 Å². The molecule has 10 nitrogen and oxygen atoms in total. The molecular formula is C34H31FN4O6. The molecule has 0 aliphatic carbocycles. The number of benzene rings is 3. The van der Waals surface area contributed by atoms with Gasteiger partial charge >= 0.3 is 5.97 Å². The number of aromatic nitrogens is 3.